The van der Waals surface area contributed by atoms with E-state index >= 15 is 0 Å². The first-order valence-corrected chi connectivity index (χ1v) is 15.0. The van der Waals surface area contributed by atoms with Gasteiger partial charge < -0.3 is 14.0 Å². The van der Waals surface area contributed by atoms with Crippen LogP contribution in [-0.4, -0.2) is 43.8 Å². The molecule has 6 atom stereocenters. The molecule has 3 fully saturated rings. The van der Waals surface area contributed by atoms with E-state index in [0.717, 1.165) is 13.0 Å². The number of nitrogens with zero attached hydrogens (tertiary/aromatic N) is 1. The molecular weight excluding hydrogens is 378 g/mol. The molecule has 2 aliphatic heterocycles. The minimum absolute atomic E-state index is 0.0629. The molecule has 0 amide bonds. The maximum absolute atomic E-state index is 12.4. The summed E-state index contributed by atoms with van der Waals surface area (Å²) in [4.78, 5) is 12.4. The summed E-state index contributed by atoms with van der Waals surface area (Å²) in [7, 11) is -1.64. The van der Waals surface area contributed by atoms with Gasteiger partial charge in [0.2, 0.25) is 6.29 Å². The highest BCUT2D eigenvalue weighted by atomic mass is 28.3. The van der Waals surface area contributed by atoms with Crippen molar-refractivity contribution in [2.24, 2.45) is 23.7 Å². The predicted molar refractivity (Wildman–Crippen MR) is 121 cm³/mol. The van der Waals surface area contributed by atoms with E-state index in [1.54, 1.807) is 0 Å². The molecule has 3 rings (SSSR count). The van der Waals surface area contributed by atoms with Crippen molar-refractivity contribution in [3.05, 3.63) is 0 Å². The van der Waals surface area contributed by atoms with Crippen molar-refractivity contribution in [1.29, 1.82) is 0 Å². The highest BCUT2D eigenvalue weighted by Crippen LogP contribution is 2.46. The fourth-order valence-electron chi connectivity index (χ4n) is 5.81. The standard InChI is InChI=1S/C24H45NO3Si/c1-16(2)18-12-11-17(3)14-21(18)27-23-19(15-22(26)28-23)20-10-9-13-25(20)29(7,8)24(4,5)6/h16-21,23H,9-15H2,1-8H3/t17-,18+,19+,20+,21-,23-/m1/s1. The molecule has 0 aromatic carbocycles. The molecule has 0 aromatic heterocycles. The number of ether oxygens (including phenoxy) is 2. The minimum atomic E-state index is -1.64. The first kappa shape index (κ1) is 23.3. The number of hydrogen-bond acceptors (Lipinski definition) is 4. The first-order valence-electron chi connectivity index (χ1n) is 12.0. The second kappa shape index (κ2) is 8.62. The summed E-state index contributed by atoms with van der Waals surface area (Å²) < 4.78 is 15.3. The van der Waals surface area contributed by atoms with Gasteiger partial charge in [0.05, 0.1) is 12.5 Å². The Balaban J connectivity index is 1.78. The molecular formula is C24H45NO3Si. The first-order chi connectivity index (χ1) is 13.4. The molecule has 168 valence electrons. The average molecular weight is 424 g/mol. The number of rotatable bonds is 5. The molecule has 0 N–H and O–H groups in total. The molecule has 5 heteroatoms. The lowest BCUT2D eigenvalue weighted by Crippen LogP contribution is -2.59. The van der Waals surface area contributed by atoms with Crippen LogP contribution in [0.3, 0.4) is 0 Å². The highest BCUT2D eigenvalue weighted by molar-refractivity contribution is 6.77. The number of carbonyl (C=O) groups is 1. The lowest BCUT2D eigenvalue weighted by atomic mass is 9.75. The summed E-state index contributed by atoms with van der Waals surface area (Å²) in [6.45, 7) is 20.3. The smallest absolute Gasteiger partial charge is 0.308 e. The van der Waals surface area contributed by atoms with Gasteiger partial charge in [-0.3, -0.25) is 4.79 Å². The van der Waals surface area contributed by atoms with Gasteiger partial charge in [0.25, 0.3) is 0 Å². The van der Waals surface area contributed by atoms with Gasteiger partial charge in [0.15, 0.2) is 0 Å². The Labute approximate surface area is 180 Å². The zero-order chi connectivity index (χ0) is 21.6. The lowest BCUT2D eigenvalue weighted by Gasteiger charge is -2.48. The molecule has 3 aliphatic rings. The molecule has 4 nitrogen and oxygen atoms in total. The quantitative estimate of drug-likeness (QED) is 0.412. The second-order valence-corrected chi connectivity index (χ2v) is 17.1. The largest absolute Gasteiger partial charge is 0.435 e. The monoisotopic (exact) mass is 423 g/mol. The van der Waals surface area contributed by atoms with Crippen molar-refractivity contribution in [3.63, 3.8) is 0 Å². The number of carbonyl (C=O) groups excluding carboxylic acids is 1. The summed E-state index contributed by atoms with van der Waals surface area (Å²) >= 11 is 0. The Hall–Kier alpha value is -0.393. The fraction of sp³-hybridized carbons (Fsp3) is 0.958. The number of hydrogen-bond donors (Lipinski definition) is 0. The third-order valence-corrected chi connectivity index (χ3v) is 14.3. The van der Waals surface area contributed by atoms with E-state index in [-0.39, 0.29) is 24.3 Å². The van der Waals surface area contributed by atoms with Crippen LogP contribution in [0.15, 0.2) is 0 Å². The van der Waals surface area contributed by atoms with Crippen molar-refractivity contribution in [2.75, 3.05) is 6.54 Å². The summed E-state index contributed by atoms with van der Waals surface area (Å²) in [6.07, 6.45) is 6.41. The molecule has 0 spiro atoms. The predicted octanol–water partition coefficient (Wildman–Crippen LogP) is 5.82. The lowest BCUT2D eigenvalue weighted by molar-refractivity contribution is -0.199. The van der Waals surface area contributed by atoms with E-state index in [1.807, 2.05) is 0 Å². The van der Waals surface area contributed by atoms with Crippen LogP contribution in [0.4, 0.5) is 0 Å². The van der Waals surface area contributed by atoms with Crippen molar-refractivity contribution >= 4 is 14.2 Å². The Morgan fingerprint density at radius 1 is 1.17 bits per heavy atom. The molecule has 2 saturated heterocycles. The summed E-state index contributed by atoms with van der Waals surface area (Å²) in [5.74, 6) is 2.00. The molecule has 29 heavy (non-hydrogen) atoms. The van der Waals surface area contributed by atoms with E-state index in [9.17, 15) is 4.79 Å². The Morgan fingerprint density at radius 3 is 2.48 bits per heavy atom. The van der Waals surface area contributed by atoms with Crippen molar-refractivity contribution in [1.82, 2.24) is 4.57 Å². The van der Waals surface area contributed by atoms with E-state index < -0.39 is 8.24 Å². The zero-order valence-electron chi connectivity index (χ0n) is 20.2. The van der Waals surface area contributed by atoms with Gasteiger partial charge in [-0.2, -0.15) is 0 Å². The van der Waals surface area contributed by atoms with E-state index in [4.69, 9.17) is 9.47 Å². The normalized spacial score (nSPS) is 37.3. The number of cyclic esters (lactones) is 1. The third-order valence-electron chi connectivity index (χ3n) is 8.62. The van der Waals surface area contributed by atoms with Gasteiger partial charge >= 0.3 is 5.97 Å². The fourth-order valence-corrected chi connectivity index (χ4v) is 8.53. The van der Waals surface area contributed by atoms with Crippen molar-refractivity contribution in [3.8, 4) is 0 Å². The van der Waals surface area contributed by atoms with E-state index in [0.29, 0.717) is 35.3 Å². The van der Waals surface area contributed by atoms with Crippen LogP contribution in [0.1, 0.15) is 80.1 Å². The van der Waals surface area contributed by atoms with Crippen LogP contribution in [0.2, 0.25) is 18.1 Å². The maximum atomic E-state index is 12.4. The molecule has 2 heterocycles. The second-order valence-electron chi connectivity index (χ2n) is 11.9. The van der Waals surface area contributed by atoms with Gasteiger partial charge in [-0.25, -0.2) is 0 Å². The van der Waals surface area contributed by atoms with Crippen LogP contribution in [0, 0.1) is 23.7 Å². The molecule has 0 aromatic rings. The van der Waals surface area contributed by atoms with Gasteiger partial charge in [0.1, 0.15) is 8.24 Å². The number of esters is 1. The van der Waals surface area contributed by atoms with Gasteiger partial charge in [0, 0.05) is 12.0 Å². The van der Waals surface area contributed by atoms with Crippen LogP contribution >= 0.6 is 0 Å². The molecule has 0 bridgehead atoms. The summed E-state index contributed by atoms with van der Waals surface area (Å²) in [5.41, 5.74) is 0. The van der Waals surface area contributed by atoms with E-state index in [1.165, 1.54) is 25.7 Å². The topological polar surface area (TPSA) is 38.8 Å². The molecule has 0 radical (unpaired) electrons. The van der Waals surface area contributed by atoms with Crippen LogP contribution < -0.4 is 0 Å². The zero-order valence-corrected chi connectivity index (χ0v) is 21.2. The summed E-state index contributed by atoms with van der Waals surface area (Å²) in [6, 6.07) is 0.422. The van der Waals surface area contributed by atoms with Gasteiger partial charge in [-0.05, 0) is 55.0 Å². The Bertz CT molecular complexity index is 585. The van der Waals surface area contributed by atoms with E-state index in [2.05, 4.69) is 59.2 Å². The average Bonchev–Trinajstić information content (AvgIpc) is 3.20. The van der Waals surface area contributed by atoms with Gasteiger partial charge in [-0.15, -0.1) is 0 Å². The van der Waals surface area contributed by atoms with Crippen LogP contribution in [0.25, 0.3) is 0 Å². The summed E-state index contributed by atoms with van der Waals surface area (Å²) in [5, 5.41) is 0.303. The Morgan fingerprint density at radius 2 is 1.86 bits per heavy atom. The minimum Gasteiger partial charge on any atom is -0.435 e. The molecule has 1 aliphatic carbocycles. The van der Waals surface area contributed by atoms with Crippen LogP contribution in [0.5, 0.6) is 0 Å². The molecule has 0 unspecified atom stereocenters. The highest BCUT2D eigenvalue weighted by Gasteiger charge is 2.52. The SMILES string of the molecule is CC(C)[C@@H]1CC[C@@H](C)C[C@H]1O[C@@H]1OC(=O)C[C@H]1[C@@H]1CCCN1[Si](C)(C)C(C)(C)C. The van der Waals surface area contributed by atoms with Crippen LogP contribution in [-0.2, 0) is 14.3 Å². The third kappa shape index (κ3) is 4.77. The Kier molecular flexibility index (Phi) is 6.92. The van der Waals surface area contributed by atoms with Crippen molar-refractivity contribution < 1.29 is 14.3 Å². The van der Waals surface area contributed by atoms with Gasteiger partial charge in [-0.1, -0.05) is 61.1 Å². The molecule has 1 saturated carbocycles. The maximum Gasteiger partial charge on any atom is 0.308 e. The van der Waals surface area contributed by atoms with Crippen molar-refractivity contribution in [2.45, 2.75) is 117 Å².